The first kappa shape index (κ1) is 14.0. The molecule has 22 heavy (non-hydrogen) atoms. The molecule has 0 amide bonds. The highest BCUT2D eigenvalue weighted by molar-refractivity contribution is 5.74. The molecule has 2 aliphatic rings. The van der Waals surface area contributed by atoms with Crippen molar-refractivity contribution in [3.8, 4) is 0 Å². The summed E-state index contributed by atoms with van der Waals surface area (Å²) in [6.45, 7) is 4.27. The maximum Gasteiger partial charge on any atom is 0.298 e. The summed E-state index contributed by atoms with van der Waals surface area (Å²) in [5, 5.41) is 10.3. The van der Waals surface area contributed by atoms with Gasteiger partial charge in [-0.25, -0.2) is 0 Å². The third kappa shape index (κ3) is 2.48. The van der Waals surface area contributed by atoms with Crippen LogP contribution in [0.3, 0.4) is 0 Å². The summed E-state index contributed by atoms with van der Waals surface area (Å²) in [4.78, 5) is 6.75. The van der Waals surface area contributed by atoms with E-state index in [0.29, 0.717) is 12.6 Å². The van der Waals surface area contributed by atoms with Gasteiger partial charge in [-0.1, -0.05) is 12.1 Å². The molecule has 0 aliphatic carbocycles. The van der Waals surface area contributed by atoms with E-state index in [2.05, 4.69) is 9.88 Å². The number of para-hydroxylation sites is 2. The number of aliphatic hydroxyl groups is 1. The van der Waals surface area contributed by atoms with Crippen LogP contribution in [0.2, 0.25) is 0 Å². The standard InChI is InChI=1S/C17H22N2O3/c1-16(20)8-11-21-17(12-16)6-9-19(10-7-17)15-18-13-4-2-3-5-14(13)22-15/h2-5,20H,6-12H2,1H3. The number of fused-ring (bicyclic) bond motifs is 1. The van der Waals surface area contributed by atoms with Crippen LogP contribution in [-0.2, 0) is 4.74 Å². The number of aromatic nitrogens is 1. The highest BCUT2D eigenvalue weighted by Gasteiger charge is 2.44. The smallest absolute Gasteiger partial charge is 0.298 e. The Morgan fingerprint density at radius 1 is 1.18 bits per heavy atom. The van der Waals surface area contributed by atoms with Crippen molar-refractivity contribution < 1.29 is 14.3 Å². The minimum Gasteiger partial charge on any atom is -0.423 e. The number of ether oxygens (including phenoxy) is 1. The Kier molecular flexibility index (Phi) is 3.16. The Morgan fingerprint density at radius 3 is 2.68 bits per heavy atom. The van der Waals surface area contributed by atoms with Gasteiger partial charge in [-0.05, 0) is 38.3 Å². The van der Waals surface area contributed by atoms with Gasteiger partial charge in [0.1, 0.15) is 5.52 Å². The van der Waals surface area contributed by atoms with Gasteiger partial charge in [0.05, 0.1) is 17.8 Å². The first-order valence-corrected chi connectivity index (χ1v) is 8.02. The molecule has 4 rings (SSSR count). The predicted molar refractivity (Wildman–Crippen MR) is 84.0 cm³/mol. The van der Waals surface area contributed by atoms with Crippen LogP contribution in [0.5, 0.6) is 0 Å². The maximum absolute atomic E-state index is 10.3. The average molecular weight is 302 g/mol. The molecule has 2 aliphatic heterocycles. The predicted octanol–water partition coefficient (Wildman–Crippen LogP) is 2.73. The van der Waals surface area contributed by atoms with Gasteiger partial charge in [0.25, 0.3) is 6.01 Å². The lowest BCUT2D eigenvalue weighted by Gasteiger charge is -2.47. The van der Waals surface area contributed by atoms with Crippen molar-refractivity contribution in [1.82, 2.24) is 4.98 Å². The lowest BCUT2D eigenvalue weighted by Crippen LogP contribution is -2.53. The molecular weight excluding hydrogens is 280 g/mol. The van der Waals surface area contributed by atoms with Crippen LogP contribution in [0.15, 0.2) is 28.7 Å². The van der Waals surface area contributed by atoms with Crippen LogP contribution in [-0.4, -0.2) is 41.0 Å². The van der Waals surface area contributed by atoms with E-state index in [0.717, 1.165) is 49.9 Å². The largest absolute Gasteiger partial charge is 0.423 e. The summed E-state index contributed by atoms with van der Waals surface area (Å²) in [7, 11) is 0. The monoisotopic (exact) mass is 302 g/mol. The van der Waals surface area contributed by atoms with Gasteiger partial charge in [-0.15, -0.1) is 0 Å². The van der Waals surface area contributed by atoms with E-state index >= 15 is 0 Å². The lowest BCUT2D eigenvalue weighted by molar-refractivity contribution is -0.162. The van der Waals surface area contributed by atoms with Crippen molar-refractivity contribution in [3.63, 3.8) is 0 Å². The third-order valence-electron chi connectivity index (χ3n) is 4.98. The third-order valence-corrected chi connectivity index (χ3v) is 4.98. The molecule has 1 spiro atoms. The molecule has 1 unspecified atom stereocenters. The van der Waals surface area contributed by atoms with Crippen LogP contribution < -0.4 is 4.90 Å². The summed E-state index contributed by atoms with van der Waals surface area (Å²) in [6.07, 6.45) is 3.26. The molecule has 1 N–H and O–H groups in total. The van der Waals surface area contributed by atoms with Gasteiger partial charge < -0.3 is 19.2 Å². The van der Waals surface area contributed by atoms with Gasteiger partial charge in [0, 0.05) is 19.5 Å². The number of piperidine rings is 1. The quantitative estimate of drug-likeness (QED) is 0.877. The molecule has 3 heterocycles. The van der Waals surface area contributed by atoms with Crippen LogP contribution in [0, 0.1) is 0 Å². The molecule has 0 radical (unpaired) electrons. The van der Waals surface area contributed by atoms with Crippen molar-refractivity contribution in [2.75, 3.05) is 24.6 Å². The number of hydrogen-bond acceptors (Lipinski definition) is 5. The van der Waals surface area contributed by atoms with E-state index in [-0.39, 0.29) is 5.60 Å². The highest BCUT2D eigenvalue weighted by atomic mass is 16.5. The summed E-state index contributed by atoms with van der Waals surface area (Å²) < 4.78 is 11.9. The van der Waals surface area contributed by atoms with Crippen LogP contribution >= 0.6 is 0 Å². The molecule has 2 aromatic rings. The van der Waals surface area contributed by atoms with Crippen molar-refractivity contribution in [2.45, 2.75) is 43.8 Å². The van der Waals surface area contributed by atoms with E-state index in [1.807, 2.05) is 31.2 Å². The summed E-state index contributed by atoms with van der Waals surface area (Å²) >= 11 is 0. The van der Waals surface area contributed by atoms with E-state index < -0.39 is 5.60 Å². The molecule has 2 saturated heterocycles. The molecule has 5 heteroatoms. The summed E-state index contributed by atoms with van der Waals surface area (Å²) in [5.74, 6) is 0. The van der Waals surface area contributed by atoms with Crippen LogP contribution in [0.25, 0.3) is 11.1 Å². The Labute approximate surface area is 129 Å². The topological polar surface area (TPSA) is 58.7 Å². The van der Waals surface area contributed by atoms with Gasteiger partial charge in [0.2, 0.25) is 0 Å². The van der Waals surface area contributed by atoms with Crippen LogP contribution in [0.4, 0.5) is 6.01 Å². The normalized spacial score (nSPS) is 28.4. The minimum atomic E-state index is -0.599. The van der Waals surface area contributed by atoms with E-state index in [4.69, 9.17) is 9.15 Å². The van der Waals surface area contributed by atoms with Crippen molar-refractivity contribution in [3.05, 3.63) is 24.3 Å². The SMILES string of the molecule is CC1(O)CCOC2(CCN(c3nc4ccccc4o3)CC2)C1. The molecule has 0 saturated carbocycles. The zero-order valence-corrected chi connectivity index (χ0v) is 12.9. The molecule has 0 bridgehead atoms. The molecular formula is C17H22N2O3. The first-order chi connectivity index (χ1) is 10.6. The van der Waals surface area contributed by atoms with Gasteiger partial charge >= 0.3 is 0 Å². The summed E-state index contributed by atoms with van der Waals surface area (Å²) in [6, 6.07) is 8.53. The van der Waals surface area contributed by atoms with Crippen LogP contribution in [0.1, 0.15) is 32.6 Å². The highest BCUT2D eigenvalue weighted by Crippen LogP contribution is 2.40. The number of oxazole rings is 1. The molecule has 1 atom stereocenters. The molecule has 5 nitrogen and oxygen atoms in total. The van der Waals surface area contributed by atoms with Gasteiger partial charge in [-0.3, -0.25) is 0 Å². The number of benzene rings is 1. The summed E-state index contributed by atoms with van der Waals surface area (Å²) in [5.41, 5.74) is 0.951. The maximum atomic E-state index is 10.3. The zero-order valence-electron chi connectivity index (χ0n) is 12.9. The fourth-order valence-corrected chi connectivity index (χ4v) is 3.74. The number of hydrogen-bond donors (Lipinski definition) is 1. The number of rotatable bonds is 1. The first-order valence-electron chi connectivity index (χ1n) is 8.02. The molecule has 1 aromatic carbocycles. The van der Waals surface area contributed by atoms with Crippen molar-refractivity contribution in [1.29, 1.82) is 0 Å². The Bertz CT molecular complexity index is 638. The second-order valence-electron chi connectivity index (χ2n) is 6.91. The molecule has 1 aromatic heterocycles. The van der Waals surface area contributed by atoms with Crippen molar-refractivity contribution in [2.24, 2.45) is 0 Å². The fraction of sp³-hybridized carbons (Fsp3) is 0.588. The minimum absolute atomic E-state index is 0.176. The Hall–Kier alpha value is -1.59. The van der Waals surface area contributed by atoms with Crippen molar-refractivity contribution >= 4 is 17.1 Å². The fourth-order valence-electron chi connectivity index (χ4n) is 3.74. The average Bonchev–Trinajstić information content (AvgIpc) is 2.90. The zero-order chi connectivity index (χ0) is 15.2. The Morgan fingerprint density at radius 2 is 1.95 bits per heavy atom. The lowest BCUT2D eigenvalue weighted by atomic mass is 9.78. The Balaban J connectivity index is 1.49. The van der Waals surface area contributed by atoms with Gasteiger partial charge in [-0.2, -0.15) is 4.98 Å². The van der Waals surface area contributed by atoms with E-state index in [1.54, 1.807) is 0 Å². The number of anilines is 1. The molecule has 2 fully saturated rings. The van der Waals surface area contributed by atoms with E-state index in [1.165, 1.54) is 0 Å². The van der Waals surface area contributed by atoms with E-state index in [9.17, 15) is 5.11 Å². The number of nitrogens with zero attached hydrogens (tertiary/aromatic N) is 2. The second kappa shape index (κ2) is 4.96. The second-order valence-corrected chi connectivity index (χ2v) is 6.91. The van der Waals surface area contributed by atoms with Gasteiger partial charge in [0.15, 0.2) is 5.58 Å². The molecule has 118 valence electrons.